The molecule has 0 fully saturated rings. The lowest BCUT2D eigenvalue weighted by molar-refractivity contribution is 0.0479. The summed E-state index contributed by atoms with van der Waals surface area (Å²) in [6, 6.07) is 7.23. The van der Waals surface area contributed by atoms with Gasteiger partial charge in [0.2, 0.25) is 0 Å². The van der Waals surface area contributed by atoms with Gasteiger partial charge in [-0.3, -0.25) is 4.79 Å². The van der Waals surface area contributed by atoms with Crippen LogP contribution in [0.1, 0.15) is 17.3 Å². The van der Waals surface area contributed by atoms with Gasteiger partial charge >= 0.3 is 0 Å². The van der Waals surface area contributed by atoms with Crippen LogP contribution in [0.25, 0.3) is 0 Å². The zero-order valence-corrected chi connectivity index (χ0v) is 12.5. The molecule has 19 heavy (non-hydrogen) atoms. The van der Waals surface area contributed by atoms with Crippen LogP contribution in [0.15, 0.2) is 29.2 Å². The molecule has 0 aromatic heterocycles. The Kier molecular flexibility index (Phi) is 6.91. The molecule has 0 aliphatic carbocycles. The van der Waals surface area contributed by atoms with Gasteiger partial charge in [-0.05, 0) is 25.1 Å². The van der Waals surface area contributed by atoms with Crippen molar-refractivity contribution in [2.24, 2.45) is 0 Å². The number of hydrogen-bond acceptors (Lipinski definition) is 4. The molecule has 0 bridgehead atoms. The number of rotatable bonds is 7. The molecule has 0 aliphatic rings. The minimum absolute atomic E-state index is 0.00350. The molecule has 1 aromatic rings. The Labute approximate surface area is 120 Å². The van der Waals surface area contributed by atoms with E-state index in [0.29, 0.717) is 25.3 Å². The number of amides is 1. The molecule has 1 aromatic carbocycles. The zero-order valence-electron chi connectivity index (χ0n) is 11.6. The molecule has 5 heteroatoms. The first-order chi connectivity index (χ1) is 9.10. The predicted octanol–water partition coefficient (Wildman–Crippen LogP) is 2.10. The summed E-state index contributed by atoms with van der Waals surface area (Å²) < 4.78 is 10.2. The maximum Gasteiger partial charge on any atom is 0.254 e. The Morgan fingerprint density at radius 2 is 2.11 bits per heavy atom. The normalized spacial score (nSPS) is 12.2. The Morgan fingerprint density at radius 1 is 1.37 bits per heavy atom. The Hall–Kier alpha value is -1.04. The van der Waals surface area contributed by atoms with Crippen LogP contribution < -0.4 is 0 Å². The van der Waals surface area contributed by atoms with Gasteiger partial charge < -0.3 is 14.4 Å². The number of ether oxygens (including phenoxy) is 2. The van der Waals surface area contributed by atoms with E-state index in [1.807, 2.05) is 19.1 Å². The van der Waals surface area contributed by atoms with Crippen LogP contribution >= 0.6 is 12.6 Å². The molecular weight excluding hydrogens is 262 g/mol. The third-order valence-corrected chi connectivity index (χ3v) is 3.11. The molecule has 0 heterocycles. The van der Waals surface area contributed by atoms with Crippen molar-refractivity contribution in [1.82, 2.24) is 4.90 Å². The summed E-state index contributed by atoms with van der Waals surface area (Å²) in [5.74, 6) is -0.0301. The van der Waals surface area contributed by atoms with Gasteiger partial charge in [-0.25, -0.2) is 0 Å². The van der Waals surface area contributed by atoms with Crippen molar-refractivity contribution in [3.8, 4) is 0 Å². The largest absolute Gasteiger partial charge is 0.383 e. The van der Waals surface area contributed by atoms with Crippen LogP contribution in [-0.2, 0) is 9.47 Å². The van der Waals surface area contributed by atoms with Gasteiger partial charge in [-0.1, -0.05) is 6.07 Å². The number of methoxy groups -OCH3 is 2. The van der Waals surface area contributed by atoms with Gasteiger partial charge in [0.05, 0.1) is 19.3 Å². The standard InChI is InChI=1S/C14H21NO3S/c1-11(10-18-3)15(7-8-17-2)14(16)12-5-4-6-13(19)9-12/h4-6,9,11,19H,7-8,10H2,1-3H3. The van der Waals surface area contributed by atoms with Crippen molar-refractivity contribution in [1.29, 1.82) is 0 Å². The second-order valence-electron chi connectivity index (χ2n) is 4.35. The maximum atomic E-state index is 12.5. The van der Waals surface area contributed by atoms with Gasteiger partial charge in [0.1, 0.15) is 0 Å². The minimum Gasteiger partial charge on any atom is -0.383 e. The topological polar surface area (TPSA) is 38.8 Å². The highest BCUT2D eigenvalue weighted by Crippen LogP contribution is 2.13. The minimum atomic E-state index is -0.0301. The van der Waals surface area contributed by atoms with E-state index in [4.69, 9.17) is 9.47 Å². The quantitative estimate of drug-likeness (QED) is 0.779. The van der Waals surface area contributed by atoms with E-state index in [1.165, 1.54) is 0 Å². The molecule has 1 amide bonds. The summed E-state index contributed by atoms with van der Waals surface area (Å²) in [7, 11) is 3.25. The van der Waals surface area contributed by atoms with Crippen LogP contribution in [0, 0.1) is 0 Å². The molecule has 1 atom stereocenters. The summed E-state index contributed by atoms with van der Waals surface area (Å²) in [5.41, 5.74) is 0.631. The maximum absolute atomic E-state index is 12.5. The first-order valence-corrected chi connectivity index (χ1v) is 6.62. The lowest BCUT2D eigenvalue weighted by atomic mass is 10.1. The van der Waals surface area contributed by atoms with E-state index in [-0.39, 0.29) is 11.9 Å². The summed E-state index contributed by atoms with van der Waals surface area (Å²) in [4.78, 5) is 15.0. The Bertz CT molecular complexity index is 411. The van der Waals surface area contributed by atoms with Crippen LogP contribution in [-0.4, -0.2) is 50.8 Å². The molecular formula is C14H21NO3S. The van der Waals surface area contributed by atoms with E-state index in [9.17, 15) is 4.79 Å². The number of carbonyl (C=O) groups is 1. The van der Waals surface area contributed by atoms with Crippen molar-refractivity contribution >= 4 is 18.5 Å². The third-order valence-electron chi connectivity index (χ3n) is 2.83. The first-order valence-electron chi connectivity index (χ1n) is 6.18. The molecule has 0 saturated heterocycles. The molecule has 4 nitrogen and oxygen atoms in total. The third kappa shape index (κ3) is 4.86. The van der Waals surface area contributed by atoms with Crippen molar-refractivity contribution in [2.75, 3.05) is 34.0 Å². The Morgan fingerprint density at radius 3 is 2.68 bits per heavy atom. The van der Waals surface area contributed by atoms with Gasteiger partial charge in [0, 0.05) is 31.2 Å². The van der Waals surface area contributed by atoms with E-state index in [1.54, 1.807) is 31.3 Å². The molecule has 1 unspecified atom stereocenters. The average Bonchev–Trinajstić information content (AvgIpc) is 2.39. The lowest BCUT2D eigenvalue weighted by Crippen LogP contribution is -2.43. The summed E-state index contributed by atoms with van der Waals surface area (Å²) in [5, 5.41) is 0. The van der Waals surface area contributed by atoms with Crippen molar-refractivity contribution in [2.45, 2.75) is 17.9 Å². The smallest absolute Gasteiger partial charge is 0.254 e. The average molecular weight is 283 g/mol. The molecule has 0 aliphatic heterocycles. The number of benzene rings is 1. The van der Waals surface area contributed by atoms with Crippen LogP contribution in [0.2, 0.25) is 0 Å². The number of nitrogens with zero attached hydrogens (tertiary/aromatic N) is 1. The van der Waals surface area contributed by atoms with E-state index >= 15 is 0 Å². The van der Waals surface area contributed by atoms with Crippen LogP contribution in [0.4, 0.5) is 0 Å². The van der Waals surface area contributed by atoms with Gasteiger partial charge in [0.15, 0.2) is 0 Å². The van der Waals surface area contributed by atoms with Gasteiger partial charge in [-0.2, -0.15) is 0 Å². The zero-order chi connectivity index (χ0) is 14.3. The van der Waals surface area contributed by atoms with Crippen LogP contribution in [0.3, 0.4) is 0 Å². The molecule has 0 saturated carbocycles. The highest BCUT2D eigenvalue weighted by atomic mass is 32.1. The summed E-state index contributed by atoms with van der Waals surface area (Å²) >= 11 is 4.26. The second kappa shape index (κ2) is 8.19. The monoisotopic (exact) mass is 283 g/mol. The number of carbonyl (C=O) groups excluding carboxylic acids is 1. The highest BCUT2D eigenvalue weighted by Gasteiger charge is 2.21. The Balaban J connectivity index is 2.86. The summed E-state index contributed by atoms with van der Waals surface area (Å²) in [6.45, 7) is 3.49. The molecule has 0 radical (unpaired) electrons. The number of thiol groups is 1. The van der Waals surface area contributed by atoms with E-state index in [0.717, 1.165) is 4.90 Å². The van der Waals surface area contributed by atoms with Crippen LogP contribution in [0.5, 0.6) is 0 Å². The highest BCUT2D eigenvalue weighted by molar-refractivity contribution is 7.80. The van der Waals surface area contributed by atoms with Gasteiger partial charge in [-0.15, -0.1) is 12.6 Å². The van der Waals surface area contributed by atoms with E-state index < -0.39 is 0 Å². The fraction of sp³-hybridized carbons (Fsp3) is 0.500. The molecule has 0 spiro atoms. The molecule has 0 N–H and O–H groups in total. The fourth-order valence-corrected chi connectivity index (χ4v) is 2.07. The van der Waals surface area contributed by atoms with Crippen molar-refractivity contribution in [3.63, 3.8) is 0 Å². The van der Waals surface area contributed by atoms with Gasteiger partial charge in [0.25, 0.3) is 5.91 Å². The number of hydrogen-bond donors (Lipinski definition) is 1. The SMILES string of the molecule is COCCN(C(=O)c1cccc(S)c1)C(C)COC. The lowest BCUT2D eigenvalue weighted by Gasteiger charge is -2.28. The second-order valence-corrected chi connectivity index (χ2v) is 4.86. The van der Waals surface area contributed by atoms with Crippen molar-refractivity contribution in [3.05, 3.63) is 29.8 Å². The summed E-state index contributed by atoms with van der Waals surface area (Å²) in [6.07, 6.45) is 0. The molecule has 106 valence electrons. The van der Waals surface area contributed by atoms with E-state index in [2.05, 4.69) is 12.6 Å². The fourth-order valence-electron chi connectivity index (χ4n) is 1.85. The first kappa shape index (κ1) is 16.0. The molecule has 1 rings (SSSR count). The predicted molar refractivity (Wildman–Crippen MR) is 77.9 cm³/mol. The van der Waals surface area contributed by atoms with Crippen molar-refractivity contribution < 1.29 is 14.3 Å².